The summed E-state index contributed by atoms with van der Waals surface area (Å²) < 4.78 is 5.43. The highest BCUT2D eigenvalue weighted by molar-refractivity contribution is 5.00. The van der Waals surface area contributed by atoms with Crippen LogP contribution in [0, 0.1) is 5.92 Å². The molecule has 1 unspecified atom stereocenters. The molecule has 2 rings (SSSR count). The minimum atomic E-state index is 0.217. The summed E-state index contributed by atoms with van der Waals surface area (Å²) in [7, 11) is 0. The molecule has 2 heterocycles. The molecule has 1 saturated heterocycles. The number of piperazine rings is 1. The highest BCUT2D eigenvalue weighted by Crippen LogP contribution is 2.20. The number of hydrogen-bond donors (Lipinski definition) is 1. The first-order valence-corrected chi connectivity index (χ1v) is 6.99. The van der Waals surface area contributed by atoms with E-state index in [0.29, 0.717) is 12.0 Å². The standard InChI is InChI=1S/C15H26N2O/c1-12(2)14-10-16-15(3,4)11-17(14)8-7-13-6-5-9-18-13/h5-6,9,12,14,16H,7-8,10-11H2,1-4H3. The lowest BCUT2D eigenvalue weighted by molar-refractivity contribution is 0.0693. The molecule has 18 heavy (non-hydrogen) atoms. The SMILES string of the molecule is CC(C)C1CNC(C)(C)CN1CCc1ccco1. The average Bonchev–Trinajstić information content (AvgIpc) is 2.77. The van der Waals surface area contributed by atoms with Gasteiger partial charge in [-0.05, 0) is 31.9 Å². The van der Waals surface area contributed by atoms with Crippen molar-refractivity contribution < 1.29 is 4.42 Å². The van der Waals surface area contributed by atoms with Crippen molar-refractivity contribution in [2.75, 3.05) is 19.6 Å². The van der Waals surface area contributed by atoms with E-state index in [4.69, 9.17) is 4.42 Å². The molecule has 1 aliphatic rings. The fourth-order valence-electron chi connectivity index (χ4n) is 2.80. The average molecular weight is 250 g/mol. The molecular formula is C15H26N2O. The molecule has 1 N–H and O–H groups in total. The monoisotopic (exact) mass is 250 g/mol. The van der Waals surface area contributed by atoms with Gasteiger partial charge in [0.25, 0.3) is 0 Å². The summed E-state index contributed by atoms with van der Waals surface area (Å²) >= 11 is 0. The van der Waals surface area contributed by atoms with Crippen LogP contribution in [0.15, 0.2) is 22.8 Å². The smallest absolute Gasteiger partial charge is 0.105 e. The second-order valence-corrected chi connectivity index (χ2v) is 6.38. The van der Waals surface area contributed by atoms with Crippen molar-refractivity contribution in [3.05, 3.63) is 24.2 Å². The Morgan fingerprint density at radius 3 is 2.89 bits per heavy atom. The molecule has 0 aromatic carbocycles. The van der Waals surface area contributed by atoms with Crippen LogP contribution in [-0.4, -0.2) is 36.1 Å². The molecule has 0 radical (unpaired) electrons. The third kappa shape index (κ3) is 3.36. The van der Waals surface area contributed by atoms with E-state index in [9.17, 15) is 0 Å². The second-order valence-electron chi connectivity index (χ2n) is 6.38. The van der Waals surface area contributed by atoms with E-state index in [2.05, 4.69) is 44.0 Å². The van der Waals surface area contributed by atoms with Crippen LogP contribution >= 0.6 is 0 Å². The largest absolute Gasteiger partial charge is 0.469 e. The zero-order valence-corrected chi connectivity index (χ0v) is 12.1. The number of nitrogens with one attached hydrogen (secondary N) is 1. The van der Waals surface area contributed by atoms with Crippen LogP contribution in [-0.2, 0) is 6.42 Å². The van der Waals surface area contributed by atoms with Crippen molar-refractivity contribution in [3.8, 4) is 0 Å². The van der Waals surface area contributed by atoms with Gasteiger partial charge in [0.2, 0.25) is 0 Å². The van der Waals surface area contributed by atoms with Gasteiger partial charge in [-0.3, -0.25) is 4.90 Å². The molecule has 0 aliphatic carbocycles. The normalized spacial score (nSPS) is 24.6. The second kappa shape index (κ2) is 5.45. The van der Waals surface area contributed by atoms with E-state index < -0.39 is 0 Å². The predicted octanol–water partition coefficient (Wildman–Crippen LogP) is 2.53. The molecule has 1 aromatic rings. The number of nitrogens with zero attached hydrogens (tertiary/aromatic N) is 1. The van der Waals surface area contributed by atoms with Crippen molar-refractivity contribution in [2.24, 2.45) is 5.92 Å². The van der Waals surface area contributed by atoms with Crippen molar-refractivity contribution >= 4 is 0 Å². The maximum Gasteiger partial charge on any atom is 0.105 e. The number of rotatable bonds is 4. The lowest BCUT2D eigenvalue weighted by Crippen LogP contribution is -2.63. The van der Waals surface area contributed by atoms with Crippen LogP contribution in [0.3, 0.4) is 0 Å². The molecule has 0 amide bonds. The lowest BCUT2D eigenvalue weighted by atomic mass is 9.93. The van der Waals surface area contributed by atoms with Crippen molar-refractivity contribution in [2.45, 2.75) is 45.7 Å². The van der Waals surface area contributed by atoms with Crippen LogP contribution in [0.4, 0.5) is 0 Å². The Morgan fingerprint density at radius 2 is 2.28 bits per heavy atom. The highest BCUT2D eigenvalue weighted by Gasteiger charge is 2.33. The van der Waals surface area contributed by atoms with E-state index >= 15 is 0 Å². The molecule has 102 valence electrons. The van der Waals surface area contributed by atoms with Crippen molar-refractivity contribution in [1.29, 1.82) is 0 Å². The maximum atomic E-state index is 5.43. The van der Waals surface area contributed by atoms with Gasteiger partial charge in [0.1, 0.15) is 5.76 Å². The van der Waals surface area contributed by atoms with E-state index in [1.54, 1.807) is 6.26 Å². The Bertz CT molecular complexity index is 357. The minimum Gasteiger partial charge on any atom is -0.469 e. The van der Waals surface area contributed by atoms with Gasteiger partial charge < -0.3 is 9.73 Å². The molecule has 0 bridgehead atoms. The van der Waals surface area contributed by atoms with E-state index in [1.807, 2.05) is 6.07 Å². The van der Waals surface area contributed by atoms with Gasteiger partial charge in [-0.25, -0.2) is 0 Å². The molecule has 3 heteroatoms. The Kier molecular flexibility index (Phi) is 4.13. The fraction of sp³-hybridized carbons (Fsp3) is 0.733. The van der Waals surface area contributed by atoms with Gasteiger partial charge in [-0.1, -0.05) is 13.8 Å². The van der Waals surface area contributed by atoms with Crippen LogP contribution in [0.2, 0.25) is 0 Å². The number of hydrogen-bond acceptors (Lipinski definition) is 3. The minimum absolute atomic E-state index is 0.217. The third-order valence-electron chi connectivity index (χ3n) is 3.85. The van der Waals surface area contributed by atoms with Crippen molar-refractivity contribution in [1.82, 2.24) is 10.2 Å². The summed E-state index contributed by atoms with van der Waals surface area (Å²) in [6.07, 6.45) is 2.77. The van der Waals surface area contributed by atoms with Crippen LogP contribution < -0.4 is 5.32 Å². The van der Waals surface area contributed by atoms with Gasteiger partial charge in [0, 0.05) is 37.6 Å². The quantitative estimate of drug-likeness (QED) is 0.890. The summed E-state index contributed by atoms with van der Waals surface area (Å²) in [4.78, 5) is 2.61. The molecule has 3 nitrogen and oxygen atoms in total. The molecule has 0 saturated carbocycles. The first-order valence-electron chi connectivity index (χ1n) is 6.99. The molecule has 1 atom stereocenters. The summed E-state index contributed by atoms with van der Waals surface area (Å²) in [5.41, 5.74) is 0.217. The molecular weight excluding hydrogens is 224 g/mol. The van der Waals surface area contributed by atoms with Crippen LogP contribution in [0.1, 0.15) is 33.5 Å². The molecule has 1 aromatic heterocycles. The summed E-state index contributed by atoms with van der Waals surface area (Å²) in [6.45, 7) is 12.5. The molecule has 0 spiro atoms. The Hall–Kier alpha value is -0.800. The Labute approximate surface area is 111 Å². The first kappa shape index (κ1) is 13.6. The lowest BCUT2D eigenvalue weighted by Gasteiger charge is -2.46. The molecule has 1 aliphatic heterocycles. The van der Waals surface area contributed by atoms with Gasteiger partial charge in [-0.2, -0.15) is 0 Å². The zero-order chi connectivity index (χ0) is 13.2. The summed E-state index contributed by atoms with van der Waals surface area (Å²) in [5, 5.41) is 3.65. The van der Waals surface area contributed by atoms with Gasteiger partial charge in [0.15, 0.2) is 0 Å². The van der Waals surface area contributed by atoms with Crippen molar-refractivity contribution in [3.63, 3.8) is 0 Å². The van der Waals surface area contributed by atoms with Gasteiger partial charge in [0.05, 0.1) is 6.26 Å². The Morgan fingerprint density at radius 1 is 1.50 bits per heavy atom. The Balaban J connectivity index is 1.96. The van der Waals surface area contributed by atoms with Crippen LogP contribution in [0.25, 0.3) is 0 Å². The fourth-order valence-corrected chi connectivity index (χ4v) is 2.80. The summed E-state index contributed by atoms with van der Waals surface area (Å²) in [6, 6.07) is 4.67. The van der Waals surface area contributed by atoms with Gasteiger partial charge in [-0.15, -0.1) is 0 Å². The van der Waals surface area contributed by atoms with E-state index in [0.717, 1.165) is 31.8 Å². The number of furan rings is 1. The summed E-state index contributed by atoms with van der Waals surface area (Å²) in [5.74, 6) is 1.78. The molecule has 1 fully saturated rings. The van der Waals surface area contributed by atoms with E-state index in [1.165, 1.54) is 0 Å². The first-order chi connectivity index (χ1) is 8.48. The maximum absolute atomic E-state index is 5.43. The highest BCUT2D eigenvalue weighted by atomic mass is 16.3. The van der Waals surface area contributed by atoms with Crippen LogP contribution in [0.5, 0.6) is 0 Å². The third-order valence-corrected chi connectivity index (χ3v) is 3.85. The topological polar surface area (TPSA) is 28.4 Å². The van der Waals surface area contributed by atoms with Gasteiger partial charge >= 0.3 is 0 Å². The predicted molar refractivity (Wildman–Crippen MR) is 74.7 cm³/mol. The van der Waals surface area contributed by atoms with E-state index in [-0.39, 0.29) is 5.54 Å². The zero-order valence-electron chi connectivity index (χ0n) is 12.1.